The fourth-order valence-corrected chi connectivity index (χ4v) is 6.86. The van der Waals surface area contributed by atoms with E-state index in [-0.39, 0.29) is 17.9 Å². The third-order valence-corrected chi connectivity index (χ3v) is 9.04. The van der Waals surface area contributed by atoms with Crippen molar-refractivity contribution in [2.45, 2.75) is 65.7 Å². The summed E-state index contributed by atoms with van der Waals surface area (Å²) in [7, 11) is 5.52. The molecule has 2 bridgehead atoms. The third-order valence-electron chi connectivity index (χ3n) is 9.04. The van der Waals surface area contributed by atoms with Crippen LogP contribution in [0.15, 0.2) is 59.7 Å². The molecule has 0 aliphatic carbocycles. The van der Waals surface area contributed by atoms with E-state index in [1.165, 1.54) is 0 Å². The molecular weight excluding hydrogens is 550 g/mol. The number of aromatic nitrogens is 4. The van der Waals surface area contributed by atoms with Crippen LogP contribution >= 0.6 is 0 Å². The Morgan fingerprint density at radius 3 is 1.52 bits per heavy atom. The standard InChI is InChI=1S/C36H41N5O3/c1-22-14-24(3)40(37-22)20-28-16-26(8-12-34(28)43-6)18-30-32-10-11-33(39(32)5)31(36(30)42)19-27-9-13-35(44-7)29(17-27)21-41-25(4)15-23(2)38-41/h8-9,12-19,32-33H,10-11,20-21H2,1-7H3/b30-18+,31-19+/t32-,33-/m1/s1. The molecule has 6 rings (SSSR count). The van der Waals surface area contributed by atoms with Crippen molar-refractivity contribution in [2.75, 3.05) is 21.3 Å². The van der Waals surface area contributed by atoms with Crippen molar-refractivity contribution in [3.05, 3.63) is 105 Å². The van der Waals surface area contributed by atoms with Crippen LogP contribution in [0.1, 0.15) is 57.9 Å². The quantitative estimate of drug-likeness (QED) is 0.236. The van der Waals surface area contributed by atoms with E-state index < -0.39 is 0 Å². The van der Waals surface area contributed by atoms with Crippen LogP contribution in [0, 0.1) is 27.7 Å². The van der Waals surface area contributed by atoms with Gasteiger partial charge in [-0.3, -0.25) is 19.1 Å². The van der Waals surface area contributed by atoms with Gasteiger partial charge in [-0.25, -0.2) is 0 Å². The predicted octanol–water partition coefficient (Wildman–Crippen LogP) is 5.94. The Labute approximate surface area is 259 Å². The van der Waals surface area contributed by atoms with Gasteiger partial charge in [-0.1, -0.05) is 12.1 Å². The number of fused-ring (bicyclic) bond motifs is 2. The number of ketones is 1. The molecule has 2 atom stereocenters. The highest BCUT2D eigenvalue weighted by molar-refractivity contribution is 6.16. The van der Waals surface area contributed by atoms with E-state index in [9.17, 15) is 4.79 Å². The average molecular weight is 592 g/mol. The minimum absolute atomic E-state index is 0.101. The summed E-state index contributed by atoms with van der Waals surface area (Å²) in [5, 5.41) is 9.28. The van der Waals surface area contributed by atoms with Gasteiger partial charge in [-0.05, 0) is 107 Å². The van der Waals surface area contributed by atoms with Gasteiger partial charge in [0.15, 0.2) is 5.78 Å². The first-order chi connectivity index (χ1) is 21.1. The van der Waals surface area contributed by atoms with E-state index >= 15 is 0 Å². The lowest BCUT2D eigenvalue weighted by Gasteiger charge is -2.34. The van der Waals surface area contributed by atoms with Crippen molar-refractivity contribution >= 4 is 17.9 Å². The van der Waals surface area contributed by atoms with Crippen LogP contribution in [0.2, 0.25) is 0 Å². The number of nitrogens with zero attached hydrogens (tertiary/aromatic N) is 5. The number of hydrogen-bond donors (Lipinski definition) is 0. The summed E-state index contributed by atoms with van der Waals surface area (Å²) < 4.78 is 15.4. The lowest BCUT2D eigenvalue weighted by Crippen LogP contribution is -2.43. The van der Waals surface area contributed by atoms with Crippen LogP contribution in [0.25, 0.3) is 12.2 Å². The number of benzene rings is 2. The van der Waals surface area contributed by atoms with Gasteiger partial charge < -0.3 is 9.47 Å². The molecule has 0 N–H and O–H groups in total. The van der Waals surface area contributed by atoms with Gasteiger partial charge in [0.2, 0.25) is 0 Å². The molecule has 0 unspecified atom stereocenters. The molecule has 0 saturated carbocycles. The highest BCUT2D eigenvalue weighted by Crippen LogP contribution is 2.41. The molecule has 4 aromatic rings. The third kappa shape index (κ3) is 5.62. The van der Waals surface area contributed by atoms with Crippen LogP contribution in [-0.4, -0.2) is 63.6 Å². The maximum atomic E-state index is 14.2. The van der Waals surface area contributed by atoms with Crippen molar-refractivity contribution in [1.29, 1.82) is 0 Å². The number of Topliss-reactive ketones (excluding diaryl/α,β-unsaturated/α-hetero) is 1. The Hall–Kier alpha value is -4.43. The molecule has 2 fully saturated rings. The molecule has 2 saturated heterocycles. The van der Waals surface area contributed by atoms with E-state index in [2.05, 4.69) is 72.4 Å². The molecule has 228 valence electrons. The van der Waals surface area contributed by atoms with Gasteiger partial charge in [0.05, 0.1) is 38.7 Å². The van der Waals surface area contributed by atoms with E-state index in [0.29, 0.717) is 13.1 Å². The number of likely N-dealkylation sites (N-methyl/N-ethyl adjacent to an activating group) is 1. The van der Waals surface area contributed by atoms with Crippen LogP contribution < -0.4 is 9.47 Å². The average Bonchev–Trinajstić information content (AvgIpc) is 3.61. The Kier molecular flexibility index (Phi) is 8.03. The smallest absolute Gasteiger partial charge is 0.188 e. The summed E-state index contributed by atoms with van der Waals surface area (Å²) in [4.78, 5) is 16.6. The number of hydrogen-bond acceptors (Lipinski definition) is 6. The predicted molar refractivity (Wildman–Crippen MR) is 173 cm³/mol. The second kappa shape index (κ2) is 11.9. The van der Waals surface area contributed by atoms with Gasteiger partial charge in [-0.15, -0.1) is 0 Å². The van der Waals surface area contributed by atoms with Crippen LogP contribution in [0.5, 0.6) is 11.5 Å². The number of ether oxygens (including phenoxy) is 2. The van der Waals surface area contributed by atoms with Gasteiger partial charge >= 0.3 is 0 Å². The normalized spacial score (nSPS) is 20.2. The number of rotatable bonds is 8. The highest BCUT2D eigenvalue weighted by Gasteiger charge is 2.44. The zero-order valence-electron chi connectivity index (χ0n) is 26.7. The van der Waals surface area contributed by atoms with Crippen molar-refractivity contribution < 1.29 is 14.3 Å². The summed E-state index contributed by atoms with van der Waals surface area (Å²) in [6, 6.07) is 16.6. The molecule has 2 aromatic heterocycles. The summed E-state index contributed by atoms with van der Waals surface area (Å²) in [5.41, 5.74) is 9.87. The number of methoxy groups -OCH3 is 2. The molecule has 2 aromatic carbocycles. The first kappa shape index (κ1) is 29.6. The van der Waals surface area contributed by atoms with Crippen molar-refractivity contribution in [2.24, 2.45) is 0 Å². The number of carbonyl (C=O) groups is 1. The van der Waals surface area contributed by atoms with Gasteiger partial charge in [0, 0.05) is 45.7 Å². The molecular formula is C36H41N5O3. The first-order valence-corrected chi connectivity index (χ1v) is 15.2. The Balaban J connectivity index is 1.34. The molecule has 0 amide bonds. The number of aryl methyl sites for hydroxylation is 4. The monoisotopic (exact) mass is 591 g/mol. The minimum Gasteiger partial charge on any atom is -0.496 e. The van der Waals surface area contributed by atoms with Crippen molar-refractivity contribution in [1.82, 2.24) is 24.5 Å². The molecule has 8 heteroatoms. The van der Waals surface area contributed by atoms with E-state index in [1.54, 1.807) is 14.2 Å². The first-order valence-electron chi connectivity index (χ1n) is 15.2. The summed E-state index contributed by atoms with van der Waals surface area (Å²) in [5.74, 6) is 1.75. The van der Waals surface area contributed by atoms with Crippen LogP contribution in [-0.2, 0) is 17.9 Å². The summed E-state index contributed by atoms with van der Waals surface area (Å²) >= 11 is 0. The number of piperidine rings is 1. The molecule has 0 radical (unpaired) electrons. The lowest BCUT2D eigenvalue weighted by atomic mass is 9.88. The number of carbonyl (C=O) groups excluding carboxylic acids is 1. The largest absolute Gasteiger partial charge is 0.496 e. The second-order valence-electron chi connectivity index (χ2n) is 12.1. The molecule has 4 heterocycles. The SMILES string of the molecule is COc1ccc(/C=C2/C(=O)/C(=C/c3ccc(OC)c(Cn4nc(C)cc4C)c3)[C@H]3CC[C@H]2N3C)cc1Cn1nc(C)cc1C. The fraction of sp³-hybridized carbons (Fsp3) is 0.361. The van der Waals surface area contributed by atoms with Crippen molar-refractivity contribution in [3.8, 4) is 11.5 Å². The van der Waals surface area contributed by atoms with E-state index in [4.69, 9.17) is 9.47 Å². The molecule has 0 spiro atoms. The fourth-order valence-electron chi connectivity index (χ4n) is 6.86. The summed E-state index contributed by atoms with van der Waals surface area (Å²) in [6.45, 7) is 9.32. The Morgan fingerprint density at radius 2 is 1.16 bits per heavy atom. The molecule has 8 nitrogen and oxygen atoms in total. The minimum atomic E-state index is 0.101. The maximum absolute atomic E-state index is 14.2. The Bertz CT molecular complexity index is 1670. The molecule has 2 aliphatic heterocycles. The lowest BCUT2D eigenvalue weighted by molar-refractivity contribution is -0.114. The van der Waals surface area contributed by atoms with Gasteiger partial charge in [0.1, 0.15) is 11.5 Å². The maximum Gasteiger partial charge on any atom is 0.188 e. The summed E-state index contributed by atoms with van der Waals surface area (Å²) in [6.07, 6.45) is 6.06. The molecule has 2 aliphatic rings. The van der Waals surface area contributed by atoms with Crippen LogP contribution in [0.4, 0.5) is 0 Å². The Morgan fingerprint density at radius 1 is 0.727 bits per heavy atom. The van der Waals surface area contributed by atoms with Gasteiger partial charge in [0.25, 0.3) is 0 Å². The second-order valence-corrected chi connectivity index (χ2v) is 12.1. The van der Waals surface area contributed by atoms with Crippen molar-refractivity contribution in [3.63, 3.8) is 0 Å². The highest BCUT2D eigenvalue weighted by atomic mass is 16.5. The van der Waals surface area contributed by atoms with E-state index in [0.717, 1.165) is 80.5 Å². The van der Waals surface area contributed by atoms with Crippen LogP contribution in [0.3, 0.4) is 0 Å². The molecule has 44 heavy (non-hydrogen) atoms. The zero-order valence-corrected chi connectivity index (χ0v) is 26.7. The van der Waals surface area contributed by atoms with E-state index in [1.807, 2.05) is 47.5 Å². The zero-order chi connectivity index (χ0) is 31.1. The topological polar surface area (TPSA) is 74.4 Å². The van der Waals surface area contributed by atoms with Gasteiger partial charge in [-0.2, -0.15) is 10.2 Å².